The molecule has 0 amide bonds. The number of ether oxygens (including phenoxy) is 2. The van der Waals surface area contributed by atoms with E-state index in [1.165, 1.54) is 19.2 Å². The Labute approximate surface area is 170 Å². The molecule has 0 unspecified atom stereocenters. The number of rotatable bonds is 5. The van der Waals surface area contributed by atoms with E-state index in [9.17, 15) is 18.0 Å². The van der Waals surface area contributed by atoms with Gasteiger partial charge in [0.1, 0.15) is 17.1 Å². The molecule has 0 saturated carbocycles. The van der Waals surface area contributed by atoms with Crippen molar-refractivity contribution in [1.29, 1.82) is 0 Å². The fourth-order valence-corrected chi connectivity index (χ4v) is 3.60. The maximum absolute atomic E-state index is 12.9. The van der Waals surface area contributed by atoms with Crippen LogP contribution in [0, 0.1) is 0 Å². The van der Waals surface area contributed by atoms with Gasteiger partial charge < -0.3 is 9.47 Å². The third-order valence-corrected chi connectivity index (χ3v) is 5.17. The quantitative estimate of drug-likeness (QED) is 0.579. The van der Waals surface area contributed by atoms with Gasteiger partial charge in [-0.3, -0.25) is 9.48 Å². The molecule has 0 N–H and O–H groups in total. The molecule has 1 aromatic carbocycles. The van der Waals surface area contributed by atoms with Crippen molar-refractivity contribution in [1.82, 2.24) is 14.8 Å². The van der Waals surface area contributed by atoms with Gasteiger partial charge in [0.25, 0.3) is 0 Å². The van der Waals surface area contributed by atoms with E-state index in [0.29, 0.717) is 24.5 Å². The van der Waals surface area contributed by atoms with E-state index in [4.69, 9.17) is 9.47 Å². The van der Waals surface area contributed by atoms with Crippen LogP contribution in [0.3, 0.4) is 0 Å². The summed E-state index contributed by atoms with van der Waals surface area (Å²) in [7, 11) is 1.48. The lowest BCUT2D eigenvalue weighted by atomic mass is 10.0. The average molecular weight is 419 g/mol. The number of alkyl halides is 3. The maximum atomic E-state index is 12.9. The van der Waals surface area contributed by atoms with Crippen molar-refractivity contribution in [3.63, 3.8) is 0 Å². The highest BCUT2D eigenvalue weighted by Gasteiger charge is 2.33. The Morgan fingerprint density at radius 3 is 2.73 bits per heavy atom. The first-order valence-corrected chi connectivity index (χ1v) is 9.56. The molecule has 0 radical (unpaired) electrons. The molecule has 0 aliphatic carbocycles. The second kappa shape index (κ2) is 8.06. The van der Waals surface area contributed by atoms with E-state index in [1.807, 2.05) is 10.9 Å². The molecular weight excluding hydrogens is 399 g/mol. The fourth-order valence-electron chi connectivity index (χ4n) is 3.60. The van der Waals surface area contributed by atoms with E-state index in [0.717, 1.165) is 29.8 Å². The molecular formula is C21H20F3N3O3. The number of carbonyl (C=O) groups is 1. The topological polar surface area (TPSA) is 66.2 Å². The van der Waals surface area contributed by atoms with Gasteiger partial charge in [0.2, 0.25) is 0 Å². The standard InChI is InChI=1S/C21H20F3N3O3/c1-29-19-11-17-14(12-27(26-17)15-5-7-30-8-6-15)9-13(19)10-18(28)16-3-2-4-20(25-16)21(22,23)24/h2-4,9,11-12,15H,5-8,10H2,1H3. The maximum Gasteiger partial charge on any atom is 0.433 e. The summed E-state index contributed by atoms with van der Waals surface area (Å²) in [5.41, 5.74) is -0.0224. The van der Waals surface area contributed by atoms with Crippen LogP contribution in [0.15, 0.2) is 36.5 Å². The summed E-state index contributed by atoms with van der Waals surface area (Å²) in [5, 5.41) is 5.46. The van der Waals surface area contributed by atoms with Crippen LogP contribution in [0.2, 0.25) is 0 Å². The van der Waals surface area contributed by atoms with Gasteiger partial charge in [0.15, 0.2) is 5.78 Å². The molecule has 158 valence electrons. The van der Waals surface area contributed by atoms with Crippen molar-refractivity contribution in [2.24, 2.45) is 0 Å². The van der Waals surface area contributed by atoms with Gasteiger partial charge in [-0.1, -0.05) is 6.07 Å². The second-order valence-electron chi connectivity index (χ2n) is 7.18. The molecule has 0 atom stereocenters. The molecule has 2 aromatic heterocycles. The van der Waals surface area contributed by atoms with Crippen LogP contribution >= 0.6 is 0 Å². The number of halogens is 3. The van der Waals surface area contributed by atoms with Crippen LogP contribution in [0.1, 0.15) is 40.6 Å². The first-order valence-electron chi connectivity index (χ1n) is 9.56. The summed E-state index contributed by atoms with van der Waals surface area (Å²) < 4.78 is 51.4. The van der Waals surface area contributed by atoms with E-state index >= 15 is 0 Å². The number of benzene rings is 1. The molecule has 4 rings (SSSR count). The largest absolute Gasteiger partial charge is 0.496 e. The normalized spacial score (nSPS) is 15.5. The van der Waals surface area contributed by atoms with Crippen LogP contribution in [-0.2, 0) is 17.3 Å². The van der Waals surface area contributed by atoms with E-state index in [1.54, 1.807) is 12.1 Å². The molecule has 0 bridgehead atoms. The van der Waals surface area contributed by atoms with Crippen molar-refractivity contribution in [3.8, 4) is 5.75 Å². The number of nitrogens with zero attached hydrogens (tertiary/aromatic N) is 3. The Morgan fingerprint density at radius 1 is 1.27 bits per heavy atom. The number of aromatic nitrogens is 3. The number of hydrogen-bond donors (Lipinski definition) is 0. The van der Waals surface area contributed by atoms with E-state index in [2.05, 4.69) is 10.1 Å². The summed E-state index contributed by atoms with van der Waals surface area (Å²) in [6.07, 6.45) is -1.07. The van der Waals surface area contributed by atoms with Crippen LogP contribution in [-0.4, -0.2) is 40.9 Å². The molecule has 6 nitrogen and oxygen atoms in total. The third kappa shape index (κ3) is 4.16. The average Bonchev–Trinajstić information content (AvgIpc) is 3.16. The Balaban J connectivity index is 1.62. The third-order valence-electron chi connectivity index (χ3n) is 5.17. The first kappa shape index (κ1) is 20.3. The van der Waals surface area contributed by atoms with Crippen molar-refractivity contribution >= 4 is 16.7 Å². The molecule has 30 heavy (non-hydrogen) atoms. The Hall–Kier alpha value is -2.94. The van der Waals surface area contributed by atoms with Crippen LogP contribution in [0.25, 0.3) is 10.9 Å². The van der Waals surface area contributed by atoms with Gasteiger partial charge >= 0.3 is 6.18 Å². The van der Waals surface area contributed by atoms with Crippen molar-refractivity contribution in [3.05, 3.63) is 53.5 Å². The van der Waals surface area contributed by atoms with Crippen LogP contribution in [0.4, 0.5) is 13.2 Å². The van der Waals surface area contributed by atoms with Gasteiger partial charge in [-0.25, -0.2) is 4.98 Å². The van der Waals surface area contributed by atoms with Crippen LogP contribution in [0.5, 0.6) is 5.75 Å². The fraction of sp³-hybridized carbons (Fsp3) is 0.381. The Bertz CT molecular complexity index is 1070. The molecule has 9 heteroatoms. The Kier molecular flexibility index (Phi) is 5.46. The van der Waals surface area contributed by atoms with Crippen molar-refractivity contribution < 1.29 is 27.4 Å². The summed E-state index contributed by atoms with van der Waals surface area (Å²) in [6, 6.07) is 7.09. The molecule has 3 aromatic rings. The van der Waals surface area contributed by atoms with Crippen LogP contribution < -0.4 is 4.74 Å². The number of ketones is 1. The number of hydrogen-bond acceptors (Lipinski definition) is 5. The molecule has 1 aliphatic heterocycles. The molecule has 0 spiro atoms. The highest BCUT2D eigenvalue weighted by molar-refractivity contribution is 5.97. The predicted molar refractivity (Wildman–Crippen MR) is 103 cm³/mol. The minimum Gasteiger partial charge on any atom is -0.496 e. The lowest BCUT2D eigenvalue weighted by Crippen LogP contribution is -2.19. The molecule has 1 saturated heterocycles. The number of methoxy groups -OCH3 is 1. The zero-order valence-electron chi connectivity index (χ0n) is 16.3. The minimum absolute atomic E-state index is 0.129. The summed E-state index contributed by atoms with van der Waals surface area (Å²) >= 11 is 0. The number of Topliss-reactive ketones (excluding diaryl/α,β-unsaturated/α-hetero) is 1. The highest BCUT2D eigenvalue weighted by Crippen LogP contribution is 2.30. The summed E-state index contributed by atoms with van der Waals surface area (Å²) in [4.78, 5) is 16.1. The van der Waals surface area contributed by atoms with Gasteiger partial charge in [-0.2, -0.15) is 18.3 Å². The lowest BCUT2D eigenvalue weighted by Gasteiger charge is -2.22. The number of fused-ring (bicyclic) bond motifs is 1. The van der Waals surface area contributed by atoms with E-state index < -0.39 is 17.7 Å². The molecule has 3 heterocycles. The predicted octanol–water partition coefficient (Wildman–Crippen LogP) is 4.24. The number of pyridine rings is 1. The Morgan fingerprint density at radius 2 is 2.03 bits per heavy atom. The van der Waals surface area contributed by atoms with Gasteiger partial charge in [0, 0.05) is 42.8 Å². The monoisotopic (exact) mass is 419 g/mol. The van der Waals surface area contributed by atoms with E-state index in [-0.39, 0.29) is 18.2 Å². The second-order valence-corrected chi connectivity index (χ2v) is 7.18. The lowest BCUT2D eigenvalue weighted by molar-refractivity contribution is -0.141. The molecule has 1 aliphatic rings. The summed E-state index contributed by atoms with van der Waals surface area (Å²) in [6.45, 7) is 1.38. The zero-order valence-corrected chi connectivity index (χ0v) is 16.3. The minimum atomic E-state index is -4.61. The number of carbonyl (C=O) groups excluding carboxylic acids is 1. The van der Waals surface area contributed by atoms with Crippen molar-refractivity contribution in [2.45, 2.75) is 31.5 Å². The SMILES string of the molecule is COc1cc2nn(C3CCOCC3)cc2cc1CC(=O)c1cccc(C(F)(F)F)n1. The molecule has 1 fully saturated rings. The van der Waals surface area contributed by atoms with Crippen molar-refractivity contribution in [2.75, 3.05) is 20.3 Å². The van der Waals surface area contributed by atoms with Gasteiger partial charge in [0.05, 0.1) is 18.7 Å². The first-order chi connectivity index (χ1) is 14.3. The zero-order chi connectivity index (χ0) is 21.3. The smallest absolute Gasteiger partial charge is 0.433 e. The highest BCUT2D eigenvalue weighted by atomic mass is 19.4. The van der Waals surface area contributed by atoms with Gasteiger partial charge in [-0.15, -0.1) is 0 Å². The summed E-state index contributed by atoms with van der Waals surface area (Å²) in [5.74, 6) is -0.0596. The van der Waals surface area contributed by atoms with Gasteiger partial charge in [-0.05, 0) is 31.0 Å².